The third kappa shape index (κ3) is 2.51. The predicted octanol–water partition coefficient (Wildman–Crippen LogP) is 2.01. The van der Waals surface area contributed by atoms with Crippen LogP contribution in [0.3, 0.4) is 0 Å². The Bertz CT molecular complexity index is 568. The first-order valence-corrected chi connectivity index (χ1v) is 6.95. The van der Waals surface area contributed by atoms with Crippen LogP contribution in [-0.2, 0) is 18.2 Å². The van der Waals surface area contributed by atoms with Crippen LogP contribution in [-0.4, -0.2) is 28.5 Å². The molecule has 1 atom stereocenters. The molecule has 19 heavy (non-hydrogen) atoms. The molecule has 0 spiro atoms. The number of hydrogen-bond donors (Lipinski definition) is 1. The fourth-order valence-corrected chi connectivity index (χ4v) is 2.96. The minimum Gasteiger partial charge on any atom is -0.381 e. The van der Waals surface area contributed by atoms with Gasteiger partial charge in [-0.15, -0.1) is 0 Å². The Labute approximate surface area is 113 Å². The van der Waals surface area contributed by atoms with E-state index in [0.29, 0.717) is 0 Å². The number of para-hydroxylation sites is 1. The molecule has 3 rings (SSSR count). The Morgan fingerprint density at radius 1 is 1.32 bits per heavy atom. The summed E-state index contributed by atoms with van der Waals surface area (Å²) in [5.41, 5.74) is 8.67. The summed E-state index contributed by atoms with van der Waals surface area (Å²) in [5.74, 6) is 0. The van der Waals surface area contributed by atoms with E-state index >= 15 is 0 Å². The summed E-state index contributed by atoms with van der Waals surface area (Å²) in [4.78, 5) is 0. The van der Waals surface area contributed by atoms with Crippen LogP contribution in [0.2, 0.25) is 0 Å². The predicted molar refractivity (Wildman–Crippen MR) is 76.0 cm³/mol. The fourth-order valence-electron chi connectivity index (χ4n) is 2.96. The molecule has 1 aromatic carbocycles. The molecule has 2 N–H and O–H groups in total. The molecule has 0 amide bonds. The molecule has 4 heteroatoms. The highest BCUT2D eigenvalue weighted by Crippen LogP contribution is 2.26. The lowest BCUT2D eigenvalue weighted by molar-refractivity contribution is 0.139. The standard InChI is InChI=1S/C15H21N3O/c1-18-14-6-3-2-5-12(14)13(17-18)11-15(16)7-4-9-19-10-8-15/h2-3,5-6H,4,7-11,16H2,1H3. The van der Waals surface area contributed by atoms with Gasteiger partial charge >= 0.3 is 0 Å². The summed E-state index contributed by atoms with van der Waals surface area (Å²) < 4.78 is 7.46. The molecule has 1 aliphatic rings. The first kappa shape index (κ1) is 12.6. The van der Waals surface area contributed by atoms with E-state index in [-0.39, 0.29) is 5.54 Å². The Balaban J connectivity index is 1.92. The zero-order chi connectivity index (χ0) is 13.3. The van der Waals surface area contributed by atoms with Gasteiger partial charge in [-0.25, -0.2) is 0 Å². The number of hydrogen-bond acceptors (Lipinski definition) is 3. The molecule has 1 aliphatic heterocycles. The first-order chi connectivity index (χ1) is 9.18. The zero-order valence-electron chi connectivity index (χ0n) is 11.4. The Morgan fingerprint density at radius 3 is 3.05 bits per heavy atom. The van der Waals surface area contributed by atoms with Crippen LogP contribution in [0.4, 0.5) is 0 Å². The van der Waals surface area contributed by atoms with E-state index < -0.39 is 0 Å². The van der Waals surface area contributed by atoms with Crippen molar-refractivity contribution in [2.75, 3.05) is 13.2 Å². The van der Waals surface area contributed by atoms with Crippen molar-refractivity contribution in [3.05, 3.63) is 30.0 Å². The number of aromatic nitrogens is 2. The number of nitrogens with two attached hydrogens (primary N) is 1. The van der Waals surface area contributed by atoms with Crippen molar-refractivity contribution in [2.45, 2.75) is 31.2 Å². The largest absolute Gasteiger partial charge is 0.381 e. The molecular weight excluding hydrogens is 238 g/mol. The molecule has 102 valence electrons. The van der Waals surface area contributed by atoms with Crippen LogP contribution < -0.4 is 5.73 Å². The summed E-state index contributed by atoms with van der Waals surface area (Å²) >= 11 is 0. The second kappa shape index (κ2) is 4.94. The molecule has 2 heterocycles. The van der Waals surface area contributed by atoms with Gasteiger partial charge in [-0.3, -0.25) is 4.68 Å². The number of rotatable bonds is 2. The smallest absolute Gasteiger partial charge is 0.0721 e. The zero-order valence-corrected chi connectivity index (χ0v) is 11.4. The van der Waals surface area contributed by atoms with Gasteiger partial charge in [-0.2, -0.15) is 5.10 Å². The molecule has 0 saturated carbocycles. The van der Waals surface area contributed by atoms with Crippen LogP contribution in [0.1, 0.15) is 25.0 Å². The molecule has 0 radical (unpaired) electrons. The highest BCUT2D eigenvalue weighted by molar-refractivity contribution is 5.81. The molecule has 1 aromatic heterocycles. The van der Waals surface area contributed by atoms with E-state index in [0.717, 1.165) is 44.6 Å². The first-order valence-electron chi connectivity index (χ1n) is 6.95. The summed E-state index contributed by atoms with van der Waals surface area (Å²) in [6.45, 7) is 1.60. The van der Waals surface area contributed by atoms with E-state index in [1.807, 2.05) is 17.8 Å². The fraction of sp³-hybridized carbons (Fsp3) is 0.533. The van der Waals surface area contributed by atoms with Gasteiger partial charge in [0.1, 0.15) is 0 Å². The van der Waals surface area contributed by atoms with Crippen molar-refractivity contribution in [1.29, 1.82) is 0 Å². The van der Waals surface area contributed by atoms with Gasteiger partial charge in [-0.1, -0.05) is 18.2 Å². The van der Waals surface area contributed by atoms with Crippen LogP contribution in [0.15, 0.2) is 24.3 Å². The van der Waals surface area contributed by atoms with Gasteiger partial charge in [-0.05, 0) is 25.3 Å². The number of aryl methyl sites for hydroxylation is 1. The molecule has 2 aromatic rings. The molecule has 1 fully saturated rings. The van der Waals surface area contributed by atoms with Crippen molar-refractivity contribution in [1.82, 2.24) is 9.78 Å². The lowest BCUT2D eigenvalue weighted by Crippen LogP contribution is -2.42. The van der Waals surface area contributed by atoms with Crippen molar-refractivity contribution in [3.63, 3.8) is 0 Å². The molecule has 0 aliphatic carbocycles. The Morgan fingerprint density at radius 2 is 2.16 bits per heavy atom. The summed E-state index contributed by atoms with van der Waals surface area (Å²) in [7, 11) is 1.99. The summed E-state index contributed by atoms with van der Waals surface area (Å²) in [5, 5.41) is 5.88. The number of ether oxygens (including phenoxy) is 1. The monoisotopic (exact) mass is 259 g/mol. The molecular formula is C15H21N3O. The number of fused-ring (bicyclic) bond motifs is 1. The third-order valence-electron chi connectivity index (χ3n) is 4.06. The highest BCUT2D eigenvalue weighted by atomic mass is 16.5. The maximum absolute atomic E-state index is 6.56. The van der Waals surface area contributed by atoms with E-state index in [1.165, 1.54) is 10.9 Å². The van der Waals surface area contributed by atoms with Crippen molar-refractivity contribution < 1.29 is 4.74 Å². The van der Waals surface area contributed by atoms with Gasteiger partial charge < -0.3 is 10.5 Å². The maximum Gasteiger partial charge on any atom is 0.0721 e. The molecule has 0 bridgehead atoms. The van der Waals surface area contributed by atoms with E-state index in [1.54, 1.807) is 0 Å². The van der Waals surface area contributed by atoms with Crippen LogP contribution in [0.25, 0.3) is 10.9 Å². The van der Waals surface area contributed by atoms with E-state index in [4.69, 9.17) is 10.5 Å². The summed E-state index contributed by atoms with van der Waals surface area (Å²) in [6, 6.07) is 8.35. The quantitative estimate of drug-likeness (QED) is 0.897. The van der Waals surface area contributed by atoms with E-state index in [9.17, 15) is 0 Å². The average molecular weight is 259 g/mol. The lowest BCUT2D eigenvalue weighted by atomic mass is 9.86. The normalized spacial score (nSPS) is 24.5. The minimum absolute atomic E-state index is 0.173. The van der Waals surface area contributed by atoms with Crippen molar-refractivity contribution in [2.24, 2.45) is 12.8 Å². The van der Waals surface area contributed by atoms with Gasteiger partial charge in [0.25, 0.3) is 0 Å². The third-order valence-corrected chi connectivity index (χ3v) is 4.06. The van der Waals surface area contributed by atoms with Gasteiger partial charge in [0.15, 0.2) is 0 Å². The molecule has 1 unspecified atom stereocenters. The Kier molecular flexibility index (Phi) is 3.29. The maximum atomic E-state index is 6.56. The van der Waals surface area contributed by atoms with Gasteiger partial charge in [0.2, 0.25) is 0 Å². The SMILES string of the molecule is Cn1nc(CC2(N)CCCOCC2)c2ccccc21. The molecule has 1 saturated heterocycles. The topological polar surface area (TPSA) is 53.1 Å². The van der Waals surface area contributed by atoms with E-state index in [2.05, 4.69) is 23.3 Å². The average Bonchev–Trinajstić information content (AvgIpc) is 2.58. The molecule has 4 nitrogen and oxygen atoms in total. The van der Waals surface area contributed by atoms with Gasteiger partial charge in [0.05, 0.1) is 11.2 Å². The number of benzene rings is 1. The van der Waals surface area contributed by atoms with Gasteiger partial charge in [0, 0.05) is 37.6 Å². The van der Waals surface area contributed by atoms with Crippen LogP contribution >= 0.6 is 0 Å². The minimum atomic E-state index is -0.173. The summed E-state index contributed by atoms with van der Waals surface area (Å²) in [6.07, 6.45) is 3.80. The lowest BCUT2D eigenvalue weighted by Gasteiger charge is -2.26. The second-order valence-electron chi connectivity index (χ2n) is 5.59. The van der Waals surface area contributed by atoms with Crippen molar-refractivity contribution in [3.8, 4) is 0 Å². The van der Waals surface area contributed by atoms with Crippen LogP contribution in [0, 0.1) is 0 Å². The highest BCUT2D eigenvalue weighted by Gasteiger charge is 2.28. The number of nitrogens with zero attached hydrogens (tertiary/aromatic N) is 2. The van der Waals surface area contributed by atoms with Crippen LogP contribution in [0.5, 0.6) is 0 Å². The Hall–Kier alpha value is -1.39. The second-order valence-corrected chi connectivity index (χ2v) is 5.59. The van der Waals surface area contributed by atoms with Crippen molar-refractivity contribution >= 4 is 10.9 Å².